The lowest BCUT2D eigenvalue weighted by Crippen LogP contribution is -2.56. The van der Waals surface area contributed by atoms with E-state index >= 15 is 0 Å². The Labute approximate surface area is 100 Å². The number of nitrogens with one attached hydrogen (secondary N) is 1. The van der Waals surface area contributed by atoms with Gasteiger partial charge in [0, 0.05) is 31.6 Å². The van der Waals surface area contributed by atoms with E-state index in [2.05, 4.69) is 10.3 Å². The number of imidazole rings is 1. The Bertz CT molecular complexity index is 371. The molecule has 6 heteroatoms. The third kappa shape index (κ3) is 2.83. The summed E-state index contributed by atoms with van der Waals surface area (Å²) in [6.07, 6.45) is 5.87. The number of ether oxygens (including phenoxy) is 1. The molecule has 6 nitrogen and oxygen atoms in total. The van der Waals surface area contributed by atoms with Crippen LogP contribution in [0.5, 0.6) is 0 Å². The molecule has 1 fully saturated rings. The Morgan fingerprint density at radius 3 is 3.18 bits per heavy atom. The molecule has 17 heavy (non-hydrogen) atoms. The Hall–Kier alpha value is -1.40. The summed E-state index contributed by atoms with van der Waals surface area (Å²) in [5, 5.41) is 2.91. The number of aromatic nitrogens is 2. The molecule has 0 bridgehead atoms. The first kappa shape index (κ1) is 12.1. The highest BCUT2D eigenvalue weighted by molar-refractivity contribution is 5.86. The van der Waals surface area contributed by atoms with Crippen molar-refractivity contribution in [3.8, 4) is 0 Å². The van der Waals surface area contributed by atoms with Crippen LogP contribution in [0.2, 0.25) is 0 Å². The SMILES string of the molecule is CC(Cn1ccnc1)NC(=O)C1(N)CCOC1. The van der Waals surface area contributed by atoms with Gasteiger partial charge in [0.05, 0.1) is 12.9 Å². The number of rotatable bonds is 4. The van der Waals surface area contributed by atoms with Gasteiger partial charge in [-0.15, -0.1) is 0 Å². The Balaban J connectivity index is 1.86. The minimum absolute atomic E-state index is 0.0118. The Morgan fingerprint density at radius 2 is 2.59 bits per heavy atom. The van der Waals surface area contributed by atoms with Crippen LogP contribution in [0.1, 0.15) is 13.3 Å². The molecule has 1 aromatic rings. The van der Waals surface area contributed by atoms with Gasteiger partial charge in [-0.1, -0.05) is 0 Å². The molecular weight excluding hydrogens is 220 g/mol. The van der Waals surface area contributed by atoms with Crippen molar-refractivity contribution in [2.24, 2.45) is 5.73 Å². The van der Waals surface area contributed by atoms with E-state index < -0.39 is 5.54 Å². The number of amides is 1. The Kier molecular flexibility index (Phi) is 3.44. The van der Waals surface area contributed by atoms with E-state index in [4.69, 9.17) is 10.5 Å². The zero-order valence-electron chi connectivity index (χ0n) is 9.93. The van der Waals surface area contributed by atoms with Crippen LogP contribution in [-0.4, -0.2) is 40.3 Å². The molecule has 94 valence electrons. The summed E-state index contributed by atoms with van der Waals surface area (Å²) in [7, 11) is 0. The molecule has 0 saturated carbocycles. The topological polar surface area (TPSA) is 82.2 Å². The van der Waals surface area contributed by atoms with Crippen molar-refractivity contribution < 1.29 is 9.53 Å². The van der Waals surface area contributed by atoms with Crippen LogP contribution in [-0.2, 0) is 16.1 Å². The van der Waals surface area contributed by atoms with Crippen LogP contribution < -0.4 is 11.1 Å². The maximum Gasteiger partial charge on any atom is 0.242 e. The molecule has 0 aliphatic carbocycles. The van der Waals surface area contributed by atoms with Crippen molar-refractivity contribution in [2.75, 3.05) is 13.2 Å². The first-order valence-electron chi connectivity index (χ1n) is 5.73. The van der Waals surface area contributed by atoms with Crippen molar-refractivity contribution in [2.45, 2.75) is 31.5 Å². The lowest BCUT2D eigenvalue weighted by Gasteiger charge is -2.23. The van der Waals surface area contributed by atoms with E-state index in [0.717, 1.165) is 0 Å². The highest BCUT2D eigenvalue weighted by atomic mass is 16.5. The monoisotopic (exact) mass is 238 g/mol. The van der Waals surface area contributed by atoms with Gasteiger partial charge in [-0.2, -0.15) is 0 Å². The van der Waals surface area contributed by atoms with E-state index in [-0.39, 0.29) is 11.9 Å². The van der Waals surface area contributed by atoms with Crippen molar-refractivity contribution in [3.05, 3.63) is 18.7 Å². The van der Waals surface area contributed by atoms with Crippen molar-refractivity contribution in [3.63, 3.8) is 0 Å². The zero-order chi connectivity index (χ0) is 12.3. The first-order valence-corrected chi connectivity index (χ1v) is 5.73. The predicted octanol–water partition coefficient (Wildman–Crippen LogP) is -0.494. The molecule has 1 saturated heterocycles. The van der Waals surface area contributed by atoms with Crippen LogP contribution >= 0.6 is 0 Å². The minimum atomic E-state index is -0.858. The second-order valence-corrected chi connectivity index (χ2v) is 4.59. The largest absolute Gasteiger partial charge is 0.379 e. The lowest BCUT2D eigenvalue weighted by molar-refractivity contribution is -0.127. The lowest BCUT2D eigenvalue weighted by atomic mass is 9.99. The molecule has 1 aromatic heterocycles. The molecule has 1 aliphatic rings. The molecule has 1 aliphatic heterocycles. The van der Waals surface area contributed by atoms with Crippen molar-refractivity contribution >= 4 is 5.91 Å². The molecule has 2 unspecified atom stereocenters. The van der Waals surface area contributed by atoms with Gasteiger partial charge in [0.1, 0.15) is 5.54 Å². The summed E-state index contributed by atoms with van der Waals surface area (Å²) >= 11 is 0. The van der Waals surface area contributed by atoms with Crippen molar-refractivity contribution in [1.82, 2.24) is 14.9 Å². The van der Waals surface area contributed by atoms with Gasteiger partial charge < -0.3 is 20.4 Å². The summed E-state index contributed by atoms with van der Waals surface area (Å²) in [5.74, 6) is -0.136. The van der Waals surface area contributed by atoms with E-state index in [1.54, 1.807) is 12.5 Å². The smallest absolute Gasteiger partial charge is 0.242 e. The highest BCUT2D eigenvalue weighted by Gasteiger charge is 2.38. The van der Waals surface area contributed by atoms with E-state index in [9.17, 15) is 4.79 Å². The number of carbonyl (C=O) groups is 1. The standard InChI is InChI=1S/C11H18N4O2/c1-9(6-15-4-3-13-8-15)14-10(16)11(12)2-5-17-7-11/h3-4,8-9H,2,5-7,12H2,1H3,(H,14,16). The summed E-state index contributed by atoms with van der Waals surface area (Å²) in [6, 6.07) is 0.0118. The fourth-order valence-corrected chi connectivity index (χ4v) is 1.88. The van der Waals surface area contributed by atoms with Gasteiger partial charge in [0.2, 0.25) is 5.91 Å². The van der Waals surface area contributed by atoms with Crippen LogP contribution in [0.4, 0.5) is 0 Å². The van der Waals surface area contributed by atoms with Gasteiger partial charge in [-0.05, 0) is 13.3 Å². The molecule has 0 aromatic carbocycles. The van der Waals surface area contributed by atoms with Crippen LogP contribution in [0.25, 0.3) is 0 Å². The molecule has 3 N–H and O–H groups in total. The van der Waals surface area contributed by atoms with E-state index in [1.807, 2.05) is 17.7 Å². The fourth-order valence-electron chi connectivity index (χ4n) is 1.88. The first-order chi connectivity index (χ1) is 8.10. The molecule has 1 amide bonds. The molecule has 2 heterocycles. The molecule has 2 atom stereocenters. The summed E-state index contributed by atoms with van der Waals surface area (Å²) in [5.41, 5.74) is 5.11. The third-order valence-electron chi connectivity index (χ3n) is 2.93. The van der Waals surface area contributed by atoms with E-state index in [0.29, 0.717) is 26.2 Å². The normalized spacial score (nSPS) is 25.8. The quantitative estimate of drug-likeness (QED) is 0.741. The second kappa shape index (κ2) is 4.85. The molecular formula is C11H18N4O2. The van der Waals surface area contributed by atoms with Crippen LogP contribution in [0.15, 0.2) is 18.7 Å². The summed E-state index contributed by atoms with van der Waals surface area (Å²) in [4.78, 5) is 15.9. The van der Waals surface area contributed by atoms with Gasteiger partial charge in [-0.3, -0.25) is 4.79 Å². The molecule has 0 spiro atoms. The van der Waals surface area contributed by atoms with Gasteiger partial charge in [-0.25, -0.2) is 4.98 Å². The van der Waals surface area contributed by atoms with Gasteiger partial charge >= 0.3 is 0 Å². The number of nitrogens with two attached hydrogens (primary N) is 1. The fraction of sp³-hybridized carbons (Fsp3) is 0.636. The van der Waals surface area contributed by atoms with Crippen LogP contribution in [0.3, 0.4) is 0 Å². The van der Waals surface area contributed by atoms with Gasteiger partial charge in [0.25, 0.3) is 0 Å². The minimum Gasteiger partial charge on any atom is -0.379 e. The number of hydrogen-bond donors (Lipinski definition) is 2. The average molecular weight is 238 g/mol. The van der Waals surface area contributed by atoms with Crippen LogP contribution in [0, 0.1) is 0 Å². The van der Waals surface area contributed by atoms with Gasteiger partial charge in [0.15, 0.2) is 0 Å². The molecule has 2 rings (SSSR count). The number of carbonyl (C=O) groups excluding carboxylic acids is 1. The average Bonchev–Trinajstić information content (AvgIpc) is 2.90. The number of nitrogens with zero attached hydrogens (tertiary/aromatic N) is 2. The zero-order valence-corrected chi connectivity index (χ0v) is 9.93. The summed E-state index contributed by atoms with van der Waals surface area (Å²) in [6.45, 7) is 3.48. The van der Waals surface area contributed by atoms with Crippen molar-refractivity contribution in [1.29, 1.82) is 0 Å². The highest BCUT2D eigenvalue weighted by Crippen LogP contribution is 2.15. The summed E-state index contributed by atoms with van der Waals surface area (Å²) < 4.78 is 7.08. The maximum atomic E-state index is 12.0. The van der Waals surface area contributed by atoms with E-state index in [1.165, 1.54) is 0 Å². The number of hydrogen-bond acceptors (Lipinski definition) is 4. The third-order valence-corrected chi connectivity index (χ3v) is 2.93. The second-order valence-electron chi connectivity index (χ2n) is 4.59. The Morgan fingerprint density at radius 1 is 1.76 bits per heavy atom. The maximum absolute atomic E-state index is 12.0. The predicted molar refractivity (Wildman–Crippen MR) is 62.2 cm³/mol. The molecule has 0 radical (unpaired) electrons.